The summed E-state index contributed by atoms with van der Waals surface area (Å²) in [5.41, 5.74) is 1.86. The fraction of sp³-hybridized carbons (Fsp3) is 0.222. The van der Waals surface area contributed by atoms with E-state index in [0.29, 0.717) is 22.6 Å². The predicted octanol–water partition coefficient (Wildman–Crippen LogP) is 4.48. The maximum absolute atomic E-state index is 12.7. The summed E-state index contributed by atoms with van der Waals surface area (Å²) >= 11 is 6.07. The number of rotatable bonds is 4. The number of hydrogen-bond donors (Lipinski definition) is 0. The lowest BCUT2D eigenvalue weighted by molar-refractivity contribution is 0.0573. The molecule has 4 heteroatoms. The van der Waals surface area contributed by atoms with Crippen molar-refractivity contribution in [3.63, 3.8) is 0 Å². The lowest BCUT2D eigenvalue weighted by Gasteiger charge is -2.26. The number of nitrogens with zero attached hydrogens (tertiary/aromatic N) is 1. The van der Waals surface area contributed by atoms with E-state index in [2.05, 4.69) is 0 Å². The highest BCUT2D eigenvalue weighted by atomic mass is 35.5. The molecule has 112 valence electrons. The van der Waals surface area contributed by atoms with E-state index in [1.807, 2.05) is 25.1 Å². The van der Waals surface area contributed by atoms with Crippen LogP contribution in [0.1, 0.15) is 52.1 Å². The lowest BCUT2D eigenvalue weighted by atomic mass is 10.0. The number of hydrogen-bond acceptors (Lipinski definition) is 2. The molecule has 1 aliphatic rings. The first-order chi connectivity index (χ1) is 10.6. The molecule has 2 aromatic rings. The van der Waals surface area contributed by atoms with Crippen LogP contribution in [0.3, 0.4) is 0 Å². The zero-order valence-electron chi connectivity index (χ0n) is 12.3. The van der Waals surface area contributed by atoms with Crippen LogP contribution in [0.15, 0.2) is 48.5 Å². The molecule has 0 saturated heterocycles. The Hall–Kier alpha value is -2.13. The molecule has 1 atom stereocenters. The number of carbonyl (C=O) groups is 2. The molecule has 0 radical (unpaired) electrons. The van der Waals surface area contributed by atoms with Crippen molar-refractivity contribution in [2.24, 2.45) is 0 Å². The van der Waals surface area contributed by atoms with Gasteiger partial charge in [0, 0.05) is 5.02 Å². The Morgan fingerprint density at radius 1 is 1.00 bits per heavy atom. The minimum Gasteiger partial charge on any atom is -0.269 e. The maximum atomic E-state index is 12.7. The second-order valence-corrected chi connectivity index (χ2v) is 5.82. The van der Waals surface area contributed by atoms with Crippen LogP contribution in [-0.2, 0) is 0 Å². The van der Waals surface area contributed by atoms with Gasteiger partial charge in [0.15, 0.2) is 0 Å². The van der Waals surface area contributed by atoms with E-state index in [0.717, 1.165) is 12.0 Å². The van der Waals surface area contributed by atoms with Gasteiger partial charge in [0.2, 0.25) is 0 Å². The zero-order chi connectivity index (χ0) is 15.7. The molecule has 0 unspecified atom stereocenters. The highest BCUT2D eigenvalue weighted by molar-refractivity contribution is 6.30. The summed E-state index contributed by atoms with van der Waals surface area (Å²) in [6, 6.07) is 14.1. The Kier molecular flexibility index (Phi) is 3.99. The molecule has 0 aromatic heterocycles. The smallest absolute Gasteiger partial charge is 0.262 e. The van der Waals surface area contributed by atoms with E-state index in [1.165, 1.54) is 4.90 Å². The molecular formula is C18H16ClNO2. The second kappa shape index (κ2) is 5.93. The van der Waals surface area contributed by atoms with E-state index in [1.54, 1.807) is 30.3 Å². The second-order valence-electron chi connectivity index (χ2n) is 5.39. The summed E-state index contributed by atoms with van der Waals surface area (Å²) < 4.78 is 0. The normalized spacial score (nSPS) is 15.1. The Morgan fingerprint density at radius 2 is 1.64 bits per heavy atom. The Morgan fingerprint density at radius 3 is 2.18 bits per heavy atom. The maximum Gasteiger partial charge on any atom is 0.262 e. The molecule has 22 heavy (non-hydrogen) atoms. The van der Waals surface area contributed by atoms with Crippen LogP contribution >= 0.6 is 11.6 Å². The topological polar surface area (TPSA) is 37.4 Å². The predicted molar refractivity (Wildman–Crippen MR) is 86.0 cm³/mol. The van der Waals surface area contributed by atoms with Crippen LogP contribution in [-0.4, -0.2) is 16.7 Å². The number of imide groups is 1. The van der Waals surface area contributed by atoms with E-state index >= 15 is 0 Å². The highest BCUT2D eigenvalue weighted by Crippen LogP contribution is 2.34. The zero-order valence-corrected chi connectivity index (χ0v) is 13.0. The van der Waals surface area contributed by atoms with E-state index in [9.17, 15) is 9.59 Å². The number of benzene rings is 2. The molecule has 0 bridgehead atoms. The van der Waals surface area contributed by atoms with Crippen molar-refractivity contribution in [1.82, 2.24) is 4.90 Å². The van der Waals surface area contributed by atoms with Gasteiger partial charge in [-0.1, -0.05) is 49.2 Å². The first-order valence-electron chi connectivity index (χ1n) is 7.36. The number of halogens is 1. The van der Waals surface area contributed by atoms with Crippen LogP contribution in [0.4, 0.5) is 0 Å². The van der Waals surface area contributed by atoms with Gasteiger partial charge >= 0.3 is 0 Å². The Bertz CT molecular complexity index is 706. The first kappa shape index (κ1) is 14.8. The third kappa shape index (κ3) is 2.42. The van der Waals surface area contributed by atoms with Crippen molar-refractivity contribution < 1.29 is 9.59 Å². The molecule has 0 saturated carbocycles. The number of carbonyl (C=O) groups excluding carboxylic acids is 2. The van der Waals surface area contributed by atoms with Crippen LogP contribution in [0.2, 0.25) is 5.02 Å². The van der Waals surface area contributed by atoms with Crippen molar-refractivity contribution >= 4 is 23.4 Å². The molecule has 0 aliphatic carbocycles. The van der Waals surface area contributed by atoms with Gasteiger partial charge in [0.25, 0.3) is 11.8 Å². The minimum atomic E-state index is -0.281. The third-order valence-electron chi connectivity index (χ3n) is 3.93. The number of amides is 2. The summed E-state index contributed by atoms with van der Waals surface area (Å²) in [7, 11) is 0. The minimum absolute atomic E-state index is 0.223. The summed E-state index contributed by atoms with van der Waals surface area (Å²) in [6.45, 7) is 2.04. The fourth-order valence-corrected chi connectivity index (χ4v) is 3.12. The van der Waals surface area contributed by atoms with E-state index in [-0.39, 0.29) is 17.9 Å². The third-order valence-corrected chi connectivity index (χ3v) is 4.17. The van der Waals surface area contributed by atoms with Gasteiger partial charge in [-0.2, -0.15) is 0 Å². The van der Waals surface area contributed by atoms with Gasteiger partial charge in [-0.25, -0.2) is 0 Å². The molecule has 2 amide bonds. The standard InChI is InChI=1S/C18H16ClNO2/c1-2-6-16(12-7-5-8-13(19)11-12)20-17(21)14-9-3-4-10-15(14)18(20)22/h3-5,7-11,16H,2,6H2,1H3/t16-/m1/s1. The Labute approximate surface area is 134 Å². The molecule has 3 rings (SSSR count). The molecule has 0 fully saturated rings. The summed E-state index contributed by atoms with van der Waals surface area (Å²) in [6.07, 6.45) is 1.58. The summed E-state index contributed by atoms with van der Waals surface area (Å²) in [4.78, 5) is 26.7. The van der Waals surface area contributed by atoms with Crippen molar-refractivity contribution in [2.75, 3.05) is 0 Å². The van der Waals surface area contributed by atoms with Crippen molar-refractivity contribution in [3.8, 4) is 0 Å². The summed E-state index contributed by atoms with van der Waals surface area (Å²) in [5.74, 6) is -0.446. The van der Waals surface area contributed by atoms with Gasteiger partial charge in [0.05, 0.1) is 17.2 Å². The van der Waals surface area contributed by atoms with Gasteiger partial charge in [-0.15, -0.1) is 0 Å². The Balaban J connectivity index is 2.04. The molecule has 1 heterocycles. The van der Waals surface area contributed by atoms with Gasteiger partial charge in [-0.05, 0) is 36.2 Å². The highest BCUT2D eigenvalue weighted by Gasteiger charge is 2.39. The van der Waals surface area contributed by atoms with Crippen LogP contribution in [0.25, 0.3) is 0 Å². The quantitative estimate of drug-likeness (QED) is 0.781. The molecule has 0 spiro atoms. The first-order valence-corrected chi connectivity index (χ1v) is 7.73. The number of fused-ring (bicyclic) bond motifs is 1. The molecule has 2 aromatic carbocycles. The van der Waals surface area contributed by atoms with Gasteiger partial charge in [-0.3, -0.25) is 14.5 Å². The monoisotopic (exact) mass is 313 g/mol. The van der Waals surface area contributed by atoms with Crippen molar-refractivity contribution in [3.05, 3.63) is 70.2 Å². The molecule has 1 aliphatic heterocycles. The average Bonchev–Trinajstić information content (AvgIpc) is 2.77. The molecule has 3 nitrogen and oxygen atoms in total. The summed E-state index contributed by atoms with van der Waals surface area (Å²) in [5, 5.41) is 0.607. The van der Waals surface area contributed by atoms with Crippen LogP contribution < -0.4 is 0 Å². The van der Waals surface area contributed by atoms with Gasteiger partial charge < -0.3 is 0 Å². The average molecular weight is 314 g/mol. The van der Waals surface area contributed by atoms with E-state index in [4.69, 9.17) is 11.6 Å². The van der Waals surface area contributed by atoms with Gasteiger partial charge in [0.1, 0.15) is 0 Å². The largest absolute Gasteiger partial charge is 0.269 e. The molecular weight excluding hydrogens is 298 g/mol. The van der Waals surface area contributed by atoms with Crippen LogP contribution in [0, 0.1) is 0 Å². The fourth-order valence-electron chi connectivity index (χ4n) is 2.92. The lowest BCUT2D eigenvalue weighted by Crippen LogP contribution is -2.34. The van der Waals surface area contributed by atoms with Crippen LogP contribution in [0.5, 0.6) is 0 Å². The van der Waals surface area contributed by atoms with Crippen molar-refractivity contribution in [1.29, 1.82) is 0 Å². The molecule has 0 N–H and O–H groups in total. The van der Waals surface area contributed by atoms with E-state index < -0.39 is 0 Å². The van der Waals surface area contributed by atoms with Crippen molar-refractivity contribution in [2.45, 2.75) is 25.8 Å². The SMILES string of the molecule is CCC[C@H](c1cccc(Cl)c1)N1C(=O)c2ccccc2C1=O.